The molecule has 4 aliphatic rings. The lowest BCUT2D eigenvalue weighted by molar-refractivity contribution is -0.0348. The fourth-order valence-electron chi connectivity index (χ4n) is 6.33. The molecule has 0 radical (unpaired) electrons. The van der Waals surface area contributed by atoms with Gasteiger partial charge in [-0.15, -0.1) is 0 Å². The van der Waals surface area contributed by atoms with Gasteiger partial charge in [0.1, 0.15) is 11.9 Å². The van der Waals surface area contributed by atoms with Crippen molar-refractivity contribution in [3.05, 3.63) is 52.6 Å². The third-order valence-electron chi connectivity index (χ3n) is 8.08. The van der Waals surface area contributed by atoms with Crippen LogP contribution in [0, 0.1) is 25.2 Å². The van der Waals surface area contributed by atoms with Gasteiger partial charge in [0.25, 0.3) is 0 Å². The summed E-state index contributed by atoms with van der Waals surface area (Å²) >= 11 is 0. The predicted molar refractivity (Wildman–Crippen MR) is 135 cm³/mol. The standard InChI is InChI=1S/C29H38N2O3/c1-6-33-26-18(2)13-22(14-19(26)3)21-7-8-24-23(15-21)16-29(4,5)27(24)30-28(32)34-25-17-31-11-9-20(25)10-12-31/h7-8,13-15,20,25,27H,6,9-12,16-17H2,1-5H3,(H,30,32)/t25-,27-/m0/s1. The molecule has 3 aliphatic heterocycles. The highest BCUT2D eigenvalue weighted by atomic mass is 16.6. The second-order valence-electron chi connectivity index (χ2n) is 11.1. The van der Waals surface area contributed by atoms with Gasteiger partial charge < -0.3 is 14.8 Å². The topological polar surface area (TPSA) is 50.8 Å². The van der Waals surface area contributed by atoms with Gasteiger partial charge in [0, 0.05) is 6.54 Å². The number of hydrogen-bond acceptors (Lipinski definition) is 4. The Hall–Kier alpha value is -2.53. The Morgan fingerprint density at radius 1 is 1.09 bits per heavy atom. The second kappa shape index (κ2) is 8.92. The number of alkyl carbamates (subject to hydrolysis) is 1. The molecule has 3 saturated heterocycles. The number of amides is 1. The Morgan fingerprint density at radius 2 is 1.79 bits per heavy atom. The smallest absolute Gasteiger partial charge is 0.407 e. The molecule has 0 aromatic heterocycles. The zero-order chi connectivity index (χ0) is 24.0. The van der Waals surface area contributed by atoms with Gasteiger partial charge >= 0.3 is 6.09 Å². The third-order valence-corrected chi connectivity index (χ3v) is 8.08. The van der Waals surface area contributed by atoms with Gasteiger partial charge in [0.15, 0.2) is 0 Å². The highest BCUT2D eigenvalue weighted by Gasteiger charge is 2.42. The Bertz CT molecular complexity index is 1060. The molecule has 1 amide bonds. The molecule has 1 aliphatic carbocycles. The summed E-state index contributed by atoms with van der Waals surface area (Å²) in [5.41, 5.74) is 7.18. The molecule has 6 rings (SSSR count). The third kappa shape index (κ3) is 4.31. The number of nitrogens with zero attached hydrogens (tertiary/aromatic N) is 1. The van der Waals surface area contributed by atoms with Crippen LogP contribution in [-0.4, -0.2) is 43.3 Å². The van der Waals surface area contributed by atoms with Gasteiger partial charge in [0.2, 0.25) is 0 Å². The van der Waals surface area contributed by atoms with Crippen molar-refractivity contribution in [2.45, 2.75) is 66.0 Å². The molecule has 1 N–H and O–H groups in total. The Labute approximate surface area is 203 Å². The van der Waals surface area contributed by atoms with E-state index < -0.39 is 0 Å². The summed E-state index contributed by atoms with van der Waals surface area (Å²) in [7, 11) is 0. The van der Waals surface area contributed by atoms with Crippen molar-refractivity contribution in [1.82, 2.24) is 10.2 Å². The van der Waals surface area contributed by atoms with Crippen LogP contribution in [0.5, 0.6) is 5.75 Å². The van der Waals surface area contributed by atoms with Crippen molar-refractivity contribution in [2.75, 3.05) is 26.2 Å². The lowest BCUT2D eigenvalue weighted by Crippen LogP contribution is -2.53. The summed E-state index contributed by atoms with van der Waals surface area (Å²) in [6.07, 6.45) is 2.97. The van der Waals surface area contributed by atoms with Crippen LogP contribution < -0.4 is 10.1 Å². The van der Waals surface area contributed by atoms with E-state index in [4.69, 9.17) is 9.47 Å². The van der Waals surface area contributed by atoms with E-state index in [1.165, 1.54) is 22.3 Å². The van der Waals surface area contributed by atoms with Gasteiger partial charge in [0.05, 0.1) is 12.6 Å². The van der Waals surface area contributed by atoms with E-state index in [2.05, 4.69) is 68.2 Å². The largest absolute Gasteiger partial charge is 0.493 e. The normalized spacial score (nSPS) is 26.7. The fraction of sp³-hybridized carbons (Fsp3) is 0.552. The van der Waals surface area contributed by atoms with Crippen LogP contribution in [-0.2, 0) is 11.2 Å². The molecule has 5 heteroatoms. The highest BCUT2D eigenvalue weighted by molar-refractivity contribution is 5.71. The van der Waals surface area contributed by atoms with Crippen LogP contribution in [0.25, 0.3) is 11.1 Å². The number of aryl methyl sites for hydroxylation is 2. The molecular weight excluding hydrogens is 424 g/mol. The molecule has 2 bridgehead atoms. The number of ether oxygens (including phenoxy) is 2. The molecule has 182 valence electrons. The molecule has 0 saturated carbocycles. The molecule has 5 nitrogen and oxygen atoms in total. The molecule has 3 heterocycles. The maximum Gasteiger partial charge on any atom is 0.407 e. The number of fused-ring (bicyclic) bond motifs is 4. The number of piperidine rings is 3. The number of carbonyl (C=O) groups is 1. The first-order valence-corrected chi connectivity index (χ1v) is 12.8. The summed E-state index contributed by atoms with van der Waals surface area (Å²) in [5.74, 6) is 1.50. The minimum Gasteiger partial charge on any atom is -0.493 e. The van der Waals surface area contributed by atoms with Crippen molar-refractivity contribution < 1.29 is 14.3 Å². The van der Waals surface area contributed by atoms with Crippen molar-refractivity contribution >= 4 is 6.09 Å². The minimum absolute atomic E-state index is 0.0278. The van der Waals surface area contributed by atoms with E-state index in [9.17, 15) is 4.79 Å². The van der Waals surface area contributed by atoms with E-state index in [1.54, 1.807) is 0 Å². The zero-order valence-electron chi connectivity index (χ0n) is 21.2. The van der Waals surface area contributed by atoms with Crippen LogP contribution in [0.1, 0.15) is 61.9 Å². The van der Waals surface area contributed by atoms with Crippen LogP contribution >= 0.6 is 0 Å². The molecule has 0 spiro atoms. The average Bonchev–Trinajstić information content (AvgIpc) is 3.05. The van der Waals surface area contributed by atoms with Crippen LogP contribution in [0.2, 0.25) is 0 Å². The van der Waals surface area contributed by atoms with Crippen LogP contribution in [0.3, 0.4) is 0 Å². The molecular formula is C29H38N2O3. The van der Waals surface area contributed by atoms with Gasteiger partial charge in [-0.3, -0.25) is 4.90 Å². The molecule has 0 unspecified atom stereocenters. The summed E-state index contributed by atoms with van der Waals surface area (Å²) < 4.78 is 11.8. The predicted octanol–water partition coefficient (Wildman–Crippen LogP) is 5.81. The van der Waals surface area contributed by atoms with Crippen molar-refractivity contribution in [3.63, 3.8) is 0 Å². The van der Waals surface area contributed by atoms with E-state index in [0.717, 1.165) is 55.8 Å². The first-order chi connectivity index (χ1) is 16.2. The SMILES string of the molecule is CCOc1c(C)cc(-c2ccc3c(c2)CC(C)(C)[C@H]3NC(=O)O[C@H]2CN3CCC2CC3)cc1C. The number of rotatable bonds is 5. The molecule has 2 aromatic carbocycles. The first-order valence-electron chi connectivity index (χ1n) is 12.8. The molecule has 2 aromatic rings. The zero-order valence-corrected chi connectivity index (χ0v) is 21.2. The Kier molecular flexibility index (Phi) is 6.09. The average molecular weight is 463 g/mol. The summed E-state index contributed by atoms with van der Waals surface area (Å²) in [6, 6.07) is 11.0. The summed E-state index contributed by atoms with van der Waals surface area (Å²) in [4.78, 5) is 15.3. The summed E-state index contributed by atoms with van der Waals surface area (Å²) in [5, 5.41) is 3.23. The highest BCUT2D eigenvalue weighted by Crippen LogP contribution is 2.46. The van der Waals surface area contributed by atoms with Crippen molar-refractivity contribution in [1.29, 1.82) is 0 Å². The number of benzene rings is 2. The Balaban J connectivity index is 1.34. The van der Waals surface area contributed by atoms with Crippen LogP contribution in [0.15, 0.2) is 30.3 Å². The van der Waals surface area contributed by atoms with Gasteiger partial charge in [-0.2, -0.15) is 0 Å². The van der Waals surface area contributed by atoms with E-state index in [-0.39, 0.29) is 23.7 Å². The van der Waals surface area contributed by atoms with Crippen LogP contribution in [0.4, 0.5) is 4.79 Å². The van der Waals surface area contributed by atoms with E-state index in [1.807, 2.05) is 6.92 Å². The van der Waals surface area contributed by atoms with Gasteiger partial charge in [-0.1, -0.05) is 32.0 Å². The van der Waals surface area contributed by atoms with E-state index >= 15 is 0 Å². The quantitative estimate of drug-likeness (QED) is 0.609. The number of hydrogen-bond donors (Lipinski definition) is 1. The maximum atomic E-state index is 12.9. The first kappa shape index (κ1) is 23.2. The number of carbonyl (C=O) groups excluding carboxylic acids is 1. The lowest BCUT2D eigenvalue weighted by Gasteiger charge is -2.44. The minimum atomic E-state index is -0.272. The monoisotopic (exact) mass is 462 g/mol. The summed E-state index contributed by atoms with van der Waals surface area (Å²) in [6.45, 7) is 14.5. The van der Waals surface area contributed by atoms with Crippen molar-refractivity contribution in [2.24, 2.45) is 11.3 Å². The molecule has 34 heavy (non-hydrogen) atoms. The van der Waals surface area contributed by atoms with E-state index in [0.29, 0.717) is 12.5 Å². The van der Waals surface area contributed by atoms with Gasteiger partial charge in [-0.25, -0.2) is 4.79 Å². The van der Waals surface area contributed by atoms with Crippen molar-refractivity contribution in [3.8, 4) is 16.9 Å². The molecule has 3 fully saturated rings. The lowest BCUT2D eigenvalue weighted by atomic mass is 9.85. The second-order valence-corrected chi connectivity index (χ2v) is 11.1. The fourth-order valence-corrected chi connectivity index (χ4v) is 6.33. The van der Waals surface area contributed by atoms with Gasteiger partial charge in [-0.05, 0) is 110 Å². The number of nitrogens with one attached hydrogen (secondary N) is 1. The maximum absolute atomic E-state index is 12.9. The molecule has 2 atom stereocenters. The Morgan fingerprint density at radius 3 is 2.41 bits per heavy atom.